The van der Waals surface area contributed by atoms with E-state index in [1.807, 2.05) is 0 Å². The lowest BCUT2D eigenvalue weighted by Crippen LogP contribution is -2.47. The zero-order valence-corrected chi connectivity index (χ0v) is 13.6. The molecule has 1 aromatic heterocycles. The minimum absolute atomic E-state index is 0.0245. The Morgan fingerprint density at radius 3 is 1.79 bits per heavy atom. The van der Waals surface area contributed by atoms with Gasteiger partial charge in [0.05, 0.1) is 0 Å². The summed E-state index contributed by atoms with van der Waals surface area (Å²) >= 11 is 0. The molecule has 0 unspecified atom stereocenters. The number of rotatable bonds is 2. The third-order valence-electron chi connectivity index (χ3n) is 4.52. The highest BCUT2D eigenvalue weighted by molar-refractivity contribution is 6.74. The average Bonchev–Trinajstić information content (AvgIpc) is 2.54. The van der Waals surface area contributed by atoms with Gasteiger partial charge in [-0.25, -0.2) is 0 Å². The van der Waals surface area contributed by atoms with Gasteiger partial charge in [0.2, 0.25) is 11.8 Å². The first kappa shape index (κ1) is 14.3. The summed E-state index contributed by atoms with van der Waals surface area (Å²) in [6, 6.07) is 0. The minimum Gasteiger partial charge on any atom is -0.492 e. The molecule has 0 amide bonds. The number of aromatic nitrogens is 1. The van der Waals surface area contributed by atoms with Gasteiger partial charge in [0.25, 0.3) is 8.32 Å². The van der Waals surface area contributed by atoms with Crippen LogP contribution >= 0.6 is 0 Å². The highest BCUT2D eigenvalue weighted by atomic mass is 28.4. The summed E-state index contributed by atoms with van der Waals surface area (Å²) in [5.41, 5.74) is 1.73. The van der Waals surface area contributed by atoms with E-state index in [1.54, 1.807) is 0 Å². The van der Waals surface area contributed by atoms with Crippen LogP contribution in [-0.4, -0.2) is 23.3 Å². The standard InChI is InChI=1S/C14H25NO3Si/c1-14(2,3)19(4,5)18-15-12(16)10-8-6-7-9-11(10)13(15)17/h16-17H,6-9H2,1-5H3. The Morgan fingerprint density at radius 2 is 1.42 bits per heavy atom. The molecule has 2 N–H and O–H groups in total. The number of aromatic hydroxyl groups is 2. The largest absolute Gasteiger partial charge is 0.492 e. The average molecular weight is 283 g/mol. The topological polar surface area (TPSA) is 54.6 Å². The predicted molar refractivity (Wildman–Crippen MR) is 78.2 cm³/mol. The van der Waals surface area contributed by atoms with Crippen LogP contribution in [0.1, 0.15) is 44.7 Å². The van der Waals surface area contributed by atoms with E-state index in [4.69, 9.17) is 4.53 Å². The van der Waals surface area contributed by atoms with Gasteiger partial charge >= 0.3 is 0 Å². The van der Waals surface area contributed by atoms with Gasteiger partial charge in [-0.15, -0.1) is 4.73 Å². The Kier molecular flexibility index (Phi) is 3.37. The molecule has 19 heavy (non-hydrogen) atoms. The summed E-state index contributed by atoms with van der Waals surface area (Å²) in [7, 11) is -2.08. The summed E-state index contributed by atoms with van der Waals surface area (Å²) in [4.78, 5) is 0. The highest BCUT2D eigenvalue weighted by Gasteiger charge is 2.41. The molecule has 0 spiro atoms. The van der Waals surface area contributed by atoms with E-state index in [0.29, 0.717) is 0 Å². The number of hydrogen-bond donors (Lipinski definition) is 2. The van der Waals surface area contributed by atoms with Gasteiger partial charge in [-0.3, -0.25) is 0 Å². The van der Waals surface area contributed by atoms with E-state index in [2.05, 4.69) is 33.9 Å². The lowest BCUT2D eigenvalue weighted by atomic mass is 9.95. The van der Waals surface area contributed by atoms with E-state index in [9.17, 15) is 10.2 Å². The van der Waals surface area contributed by atoms with Gasteiger partial charge in [-0.2, -0.15) is 0 Å². The predicted octanol–water partition coefficient (Wildman–Crippen LogP) is 3.21. The maximum atomic E-state index is 10.3. The maximum absolute atomic E-state index is 10.3. The van der Waals surface area contributed by atoms with Crippen molar-refractivity contribution >= 4 is 8.32 Å². The number of hydrogen-bond acceptors (Lipinski definition) is 3. The fourth-order valence-electron chi connectivity index (χ4n) is 2.20. The van der Waals surface area contributed by atoms with Crippen molar-refractivity contribution in [2.24, 2.45) is 0 Å². The molecule has 1 aliphatic carbocycles. The molecule has 0 radical (unpaired) electrons. The fourth-order valence-corrected chi connectivity index (χ4v) is 3.10. The molecule has 0 bridgehead atoms. The van der Waals surface area contributed by atoms with Gasteiger partial charge in [-0.05, 0) is 43.8 Å². The molecule has 2 rings (SSSR count). The van der Waals surface area contributed by atoms with Crippen molar-refractivity contribution in [1.82, 2.24) is 4.73 Å². The first-order valence-corrected chi connectivity index (χ1v) is 9.90. The van der Waals surface area contributed by atoms with Crippen molar-refractivity contribution in [3.63, 3.8) is 0 Å². The highest BCUT2D eigenvalue weighted by Crippen LogP contribution is 2.41. The summed E-state index contributed by atoms with van der Waals surface area (Å²) in [5, 5.41) is 20.6. The Bertz CT molecular complexity index is 456. The molecule has 0 saturated carbocycles. The second-order valence-corrected chi connectivity index (χ2v) is 11.7. The van der Waals surface area contributed by atoms with Crippen molar-refractivity contribution in [2.75, 3.05) is 0 Å². The minimum atomic E-state index is -2.08. The maximum Gasteiger partial charge on any atom is 0.284 e. The second-order valence-electron chi connectivity index (χ2n) is 6.96. The van der Waals surface area contributed by atoms with Crippen LogP contribution in [0.5, 0.6) is 11.8 Å². The van der Waals surface area contributed by atoms with E-state index < -0.39 is 8.32 Å². The monoisotopic (exact) mass is 283 g/mol. The lowest BCUT2D eigenvalue weighted by molar-refractivity contribution is 0.181. The van der Waals surface area contributed by atoms with Crippen LogP contribution < -0.4 is 4.53 Å². The van der Waals surface area contributed by atoms with E-state index in [1.165, 1.54) is 4.73 Å². The van der Waals surface area contributed by atoms with Crippen molar-refractivity contribution in [3.8, 4) is 11.8 Å². The van der Waals surface area contributed by atoms with Gasteiger partial charge < -0.3 is 14.7 Å². The molecule has 0 saturated heterocycles. The zero-order valence-electron chi connectivity index (χ0n) is 12.6. The molecule has 0 fully saturated rings. The third kappa shape index (κ3) is 2.36. The molecule has 4 nitrogen and oxygen atoms in total. The third-order valence-corrected chi connectivity index (χ3v) is 8.77. The Balaban J connectivity index is 2.39. The summed E-state index contributed by atoms with van der Waals surface area (Å²) in [5.74, 6) is 0.189. The summed E-state index contributed by atoms with van der Waals surface area (Å²) < 4.78 is 7.31. The smallest absolute Gasteiger partial charge is 0.284 e. The molecule has 1 aliphatic rings. The van der Waals surface area contributed by atoms with E-state index >= 15 is 0 Å². The van der Waals surface area contributed by atoms with Crippen molar-refractivity contribution in [1.29, 1.82) is 0 Å². The van der Waals surface area contributed by atoms with Crippen LogP contribution in [0.4, 0.5) is 0 Å². The molecule has 0 aliphatic heterocycles. The van der Waals surface area contributed by atoms with E-state index in [0.717, 1.165) is 36.8 Å². The van der Waals surface area contributed by atoms with Crippen LogP contribution in [-0.2, 0) is 12.8 Å². The second kappa shape index (κ2) is 4.47. The molecule has 1 heterocycles. The van der Waals surface area contributed by atoms with Gasteiger partial charge in [-0.1, -0.05) is 20.8 Å². The van der Waals surface area contributed by atoms with Crippen LogP contribution in [0.25, 0.3) is 0 Å². The first-order valence-electron chi connectivity index (χ1n) is 6.99. The Morgan fingerprint density at radius 1 is 1.00 bits per heavy atom. The summed E-state index contributed by atoms with van der Waals surface area (Å²) in [6.45, 7) is 10.6. The molecule has 108 valence electrons. The Hall–Kier alpha value is -1.10. The van der Waals surface area contributed by atoms with Crippen LogP contribution in [0.2, 0.25) is 18.1 Å². The fraction of sp³-hybridized carbons (Fsp3) is 0.714. The molecule has 5 heteroatoms. The molecule has 0 aromatic carbocycles. The molecular weight excluding hydrogens is 258 g/mol. The summed E-state index contributed by atoms with van der Waals surface area (Å²) in [6.07, 6.45) is 3.76. The normalized spacial score (nSPS) is 16.3. The zero-order chi connectivity index (χ0) is 14.4. The van der Waals surface area contributed by atoms with Crippen LogP contribution in [0, 0.1) is 0 Å². The molecule has 1 aromatic rings. The number of fused-ring (bicyclic) bond motifs is 1. The SMILES string of the molecule is CC(C)(C)[Si](C)(C)On1c(O)c2c(c1O)CCCC2. The Labute approximate surface area is 116 Å². The van der Waals surface area contributed by atoms with Crippen molar-refractivity contribution < 1.29 is 14.7 Å². The van der Waals surface area contributed by atoms with Crippen LogP contribution in [0.15, 0.2) is 0 Å². The number of nitrogens with zero attached hydrogens (tertiary/aromatic N) is 1. The van der Waals surface area contributed by atoms with Crippen LogP contribution in [0.3, 0.4) is 0 Å². The lowest BCUT2D eigenvalue weighted by Gasteiger charge is -2.35. The van der Waals surface area contributed by atoms with Gasteiger partial charge in [0, 0.05) is 11.1 Å². The first-order chi connectivity index (χ1) is 8.65. The van der Waals surface area contributed by atoms with Gasteiger partial charge in [0.1, 0.15) is 0 Å². The van der Waals surface area contributed by atoms with Crippen molar-refractivity contribution in [2.45, 2.75) is 64.6 Å². The van der Waals surface area contributed by atoms with Gasteiger partial charge in [0.15, 0.2) is 0 Å². The quantitative estimate of drug-likeness (QED) is 0.819. The molecular formula is C14H25NO3Si. The van der Waals surface area contributed by atoms with Crippen molar-refractivity contribution in [3.05, 3.63) is 11.1 Å². The molecule has 0 atom stereocenters. The van der Waals surface area contributed by atoms with E-state index in [-0.39, 0.29) is 16.8 Å².